The SMILES string of the molecule is CC[C@@H](C)OC(=O)CN1C(=O)S/C(=C\c2ccc(OCC#N)cc2)C1=O. The Morgan fingerprint density at radius 3 is 2.65 bits per heavy atom. The lowest BCUT2D eigenvalue weighted by Gasteiger charge is -2.14. The summed E-state index contributed by atoms with van der Waals surface area (Å²) >= 11 is 0.778. The van der Waals surface area contributed by atoms with Gasteiger partial charge in [0.05, 0.1) is 11.0 Å². The minimum Gasteiger partial charge on any atom is -0.479 e. The van der Waals surface area contributed by atoms with E-state index in [-0.39, 0.29) is 17.6 Å². The number of imide groups is 1. The van der Waals surface area contributed by atoms with Crippen LogP contribution in [0.3, 0.4) is 0 Å². The standard InChI is InChI=1S/C18H18N2O5S/c1-3-12(2)25-16(21)11-20-17(22)15(26-18(20)23)10-13-4-6-14(7-5-13)24-9-8-19/h4-7,10,12H,3,9,11H2,1-2H3/b15-10-/t12-/m1/s1. The Morgan fingerprint density at radius 2 is 2.04 bits per heavy atom. The summed E-state index contributed by atoms with van der Waals surface area (Å²) in [5, 5.41) is 7.98. The van der Waals surface area contributed by atoms with Crippen molar-refractivity contribution in [3.63, 3.8) is 0 Å². The average Bonchev–Trinajstić information content (AvgIpc) is 2.88. The Balaban J connectivity index is 2.04. The van der Waals surface area contributed by atoms with Crippen LogP contribution in [0.5, 0.6) is 5.75 Å². The fraction of sp³-hybridized carbons (Fsp3) is 0.333. The van der Waals surface area contributed by atoms with E-state index in [1.807, 2.05) is 13.0 Å². The lowest BCUT2D eigenvalue weighted by molar-refractivity contribution is -0.150. The predicted molar refractivity (Wildman–Crippen MR) is 96.1 cm³/mol. The molecule has 1 saturated heterocycles. The van der Waals surface area contributed by atoms with Gasteiger partial charge < -0.3 is 9.47 Å². The van der Waals surface area contributed by atoms with Crippen LogP contribution in [0.2, 0.25) is 0 Å². The minimum absolute atomic E-state index is 0.0506. The number of amides is 2. The predicted octanol–water partition coefficient (Wildman–Crippen LogP) is 2.97. The third kappa shape index (κ3) is 5.10. The molecule has 1 aromatic carbocycles. The first kappa shape index (κ1) is 19.5. The molecule has 0 bridgehead atoms. The summed E-state index contributed by atoms with van der Waals surface area (Å²) < 4.78 is 10.3. The van der Waals surface area contributed by atoms with E-state index >= 15 is 0 Å². The van der Waals surface area contributed by atoms with Crippen LogP contribution >= 0.6 is 11.8 Å². The van der Waals surface area contributed by atoms with Crippen molar-refractivity contribution >= 4 is 35.0 Å². The van der Waals surface area contributed by atoms with Crippen LogP contribution in [0, 0.1) is 11.3 Å². The van der Waals surface area contributed by atoms with Crippen molar-refractivity contribution in [2.75, 3.05) is 13.2 Å². The highest BCUT2D eigenvalue weighted by Crippen LogP contribution is 2.32. The monoisotopic (exact) mass is 374 g/mol. The Kier molecular flexibility index (Phi) is 6.81. The van der Waals surface area contributed by atoms with Crippen molar-refractivity contribution in [1.82, 2.24) is 4.90 Å². The Hall–Kier alpha value is -2.79. The molecule has 1 aromatic rings. The normalized spacial score (nSPS) is 16.5. The summed E-state index contributed by atoms with van der Waals surface area (Å²) in [5.41, 5.74) is 0.696. The number of esters is 1. The Morgan fingerprint density at radius 1 is 1.35 bits per heavy atom. The fourth-order valence-corrected chi connectivity index (χ4v) is 2.88. The average molecular weight is 374 g/mol. The van der Waals surface area contributed by atoms with Gasteiger partial charge in [-0.3, -0.25) is 19.3 Å². The third-order valence-corrected chi connectivity index (χ3v) is 4.46. The van der Waals surface area contributed by atoms with Gasteiger partial charge in [0.25, 0.3) is 11.1 Å². The third-order valence-electron chi connectivity index (χ3n) is 3.55. The molecule has 1 aliphatic rings. The van der Waals surface area contributed by atoms with Gasteiger partial charge in [-0.2, -0.15) is 5.26 Å². The number of hydrogen-bond acceptors (Lipinski definition) is 7. The van der Waals surface area contributed by atoms with Crippen molar-refractivity contribution in [3.8, 4) is 11.8 Å². The molecular formula is C18H18N2O5S. The zero-order chi connectivity index (χ0) is 19.1. The first-order valence-corrected chi connectivity index (χ1v) is 8.81. The number of carbonyl (C=O) groups is 3. The molecule has 0 N–H and O–H groups in total. The van der Waals surface area contributed by atoms with Crippen molar-refractivity contribution in [2.45, 2.75) is 26.4 Å². The molecule has 2 rings (SSSR count). The van der Waals surface area contributed by atoms with Crippen LogP contribution in [0.1, 0.15) is 25.8 Å². The lowest BCUT2D eigenvalue weighted by Crippen LogP contribution is -2.35. The van der Waals surface area contributed by atoms with E-state index in [1.54, 1.807) is 37.3 Å². The minimum atomic E-state index is -0.609. The highest BCUT2D eigenvalue weighted by Gasteiger charge is 2.36. The first-order valence-electron chi connectivity index (χ1n) is 7.99. The molecule has 136 valence electrons. The quantitative estimate of drug-likeness (QED) is 0.534. The summed E-state index contributed by atoms with van der Waals surface area (Å²) in [6, 6.07) is 8.61. The number of thioether (sulfide) groups is 1. The second kappa shape index (κ2) is 9.06. The number of rotatable bonds is 7. The fourth-order valence-electron chi connectivity index (χ4n) is 2.04. The summed E-state index contributed by atoms with van der Waals surface area (Å²) in [7, 11) is 0. The zero-order valence-corrected chi connectivity index (χ0v) is 15.2. The summed E-state index contributed by atoms with van der Waals surface area (Å²) in [6.45, 7) is 3.17. The van der Waals surface area contributed by atoms with Crippen LogP contribution in [-0.2, 0) is 14.3 Å². The van der Waals surface area contributed by atoms with Crippen molar-refractivity contribution in [2.24, 2.45) is 0 Å². The summed E-state index contributed by atoms with van der Waals surface area (Å²) in [6.07, 6.45) is 1.96. The summed E-state index contributed by atoms with van der Waals surface area (Å²) in [4.78, 5) is 37.3. The molecule has 1 fully saturated rings. The van der Waals surface area contributed by atoms with Crippen molar-refractivity contribution in [1.29, 1.82) is 5.26 Å². The zero-order valence-electron chi connectivity index (χ0n) is 14.4. The molecule has 0 unspecified atom stereocenters. The van der Waals surface area contributed by atoms with Gasteiger partial charge in [0.15, 0.2) is 6.61 Å². The van der Waals surface area contributed by atoms with Gasteiger partial charge in [-0.05, 0) is 48.9 Å². The van der Waals surface area contributed by atoms with Gasteiger partial charge in [0.1, 0.15) is 18.4 Å². The maximum Gasteiger partial charge on any atom is 0.326 e. The van der Waals surface area contributed by atoms with E-state index in [4.69, 9.17) is 14.7 Å². The van der Waals surface area contributed by atoms with Gasteiger partial charge in [0, 0.05) is 0 Å². The number of ether oxygens (including phenoxy) is 2. The maximum atomic E-state index is 12.4. The van der Waals surface area contributed by atoms with E-state index in [1.165, 1.54) is 0 Å². The second-order valence-corrected chi connectivity index (χ2v) is 6.49. The molecule has 1 atom stereocenters. The number of nitriles is 1. The molecule has 0 aromatic heterocycles. The van der Waals surface area contributed by atoms with Crippen LogP contribution in [0.4, 0.5) is 4.79 Å². The molecule has 7 nitrogen and oxygen atoms in total. The van der Waals surface area contributed by atoms with Crippen LogP contribution in [0.15, 0.2) is 29.2 Å². The van der Waals surface area contributed by atoms with E-state index in [9.17, 15) is 14.4 Å². The Bertz CT molecular complexity index is 767. The molecular weight excluding hydrogens is 356 g/mol. The highest BCUT2D eigenvalue weighted by atomic mass is 32.2. The molecule has 8 heteroatoms. The van der Waals surface area contributed by atoms with Crippen LogP contribution < -0.4 is 4.74 Å². The van der Waals surface area contributed by atoms with Crippen LogP contribution in [-0.4, -0.2) is 41.3 Å². The molecule has 26 heavy (non-hydrogen) atoms. The number of carbonyl (C=O) groups excluding carboxylic acids is 3. The van der Waals surface area contributed by atoms with Gasteiger partial charge >= 0.3 is 5.97 Å². The molecule has 0 saturated carbocycles. The van der Waals surface area contributed by atoms with E-state index < -0.39 is 23.7 Å². The molecule has 0 radical (unpaired) electrons. The molecule has 0 spiro atoms. The molecule has 0 aliphatic carbocycles. The van der Waals surface area contributed by atoms with Crippen LogP contribution in [0.25, 0.3) is 6.08 Å². The topological polar surface area (TPSA) is 96.7 Å². The number of hydrogen-bond donors (Lipinski definition) is 0. The van der Waals surface area contributed by atoms with E-state index in [0.29, 0.717) is 17.7 Å². The number of benzene rings is 1. The molecule has 2 amide bonds. The highest BCUT2D eigenvalue weighted by molar-refractivity contribution is 8.18. The van der Waals surface area contributed by atoms with Gasteiger partial charge in [0.2, 0.25) is 0 Å². The van der Waals surface area contributed by atoms with Crippen molar-refractivity contribution in [3.05, 3.63) is 34.7 Å². The van der Waals surface area contributed by atoms with Gasteiger partial charge in [-0.15, -0.1) is 0 Å². The van der Waals surface area contributed by atoms with E-state index in [0.717, 1.165) is 16.7 Å². The summed E-state index contributed by atoms with van der Waals surface area (Å²) in [5.74, 6) is -0.600. The molecule has 1 heterocycles. The Labute approximate surface area is 155 Å². The van der Waals surface area contributed by atoms with Gasteiger partial charge in [-0.25, -0.2) is 0 Å². The molecule has 1 aliphatic heterocycles. The van der Waals surface area contributed by atoms with E-state index in [2.05, 4.69) is 0 Å². The largest absolute Gasteiger partial charge is 0.479 e. The lowest BCUT2D eigenvalue weighted by atomic mass is 10.2. The maximum absolute atomic E-state index is 12.4. The van der Waals surface area contributed by atoms with Gasteiger partial charge in [-0.1, -0.05) is 19.1 Å². The number of nitrogens with zero attached hydrogens (tertiary/aromatic N) is 2. The smallest absolute Gasteiger partial charge is 0.326 e. The first-order chi connectivity index (χ1) is 12.4. The van der Waals surface area contributed by atoms with Crippen molar-refractivity contribution < 1.29 is 23.9 Å². The second-order valence-electron chi connectivity index (χ2n) is 5.49.